The summed E-state index contributed by atoms with van der Waals surface area (Å²) < 4.78 is 22.3. The van der Waals surface area contributed by atoms with E-state index in [-0.39, 0.29) is 31.9 Å². The van der Waals surface area contributed by atoms with Crippen LogP contribution in [-0.2, 0) is 35.1 Å². The Morgan fingerprint density at radius 2 is 1.64 bits per heavy atom. The number of hydrogen-bond acceptors (Lipinski definition) is 10. The number of hydrogen-bond donors (Lipinski definition) is 2. The molecule has 2 rings (SSSR count). The number of allylic oxidation sites excluding steroid dienone is 1. The predicted octanol–water partition coefficient (Wildman–Crippen LogP) is 8.25. The Labute approximate surface area is 328 Å². The highest BCUT2D eigenvalue weighted by molar-refractivity contribution is 5.91. The van der Waals surface area contributed by atoms with E-state index in [1.165, 1.54) is 32.3 Å². The summed E-state index contributed by atoms with van der Waals surface area (Å²) in [5.41, 5.74) is -2.53. The largest absolute Gasteiger partial charge is 0.481 e. The first-order chi connectivity index (χ1) is 26.2. The highest BCUT2D eigenvalue weighted by Crippen LogP contribution is 2.30. The highest BCUT2D eigenvalue weighted by atomic mass is 16.6. The zero-order chi connectivity index (χ0) is 40.7. The molecular formula is C44H64N2O9. The number of ketones is 1. The fourth-order valence-corrected chi connectivity index (χ4v) is 5.93. The summed E-state index contributed by atoms with van der Waals surface area (Å²) in [6, 6.07) is 6.57. The summed E-state index contributed by atoms with van der Waals surface area (Å²) in [5, 5.41) is 15.1. The van der Waals surface area contributed by atoms with E-state index in [0.29, 0.717) is 36.6 Å². The first-order valence-corrected chi connectivity index (χ1v) is 19.8. The molecule has 11 heteroatoms. The van der Waals surface area contributed by atoms with Crippen LogP contribution in [0.25, 0.3) is 0 Å². The minimum atomic E-state index is -2.39. The zero-order valence-electron chi connectivity index (χ0n) is 34.2. The van der Waals surface area contributed by atoms with Crippen LogP contribution in [-0.4, -0.2) is 58.1 Å². The maximum Gasteiger partial charge on any atom is 0.339 e. The van der Waals surface area contributed by atoms with Gasteiger partial charge >= 0.3 is 11.9 Å². The van der Waals surface area contributed by atoms with Crippen LogP contribution in [0.2, 0.25) is 0 Å². The minimum Gasteiger partial charge on any atom is -0.481 e. The summed E-state index contributed by atoms with van der Waals surface area (Å²) in [6.07, 6.45) is 15.6. The second-order valence-electron chi connectivity index (χ2n) is 15.0. The van der Waals surface area contributed by atoms with Gasteiger partial charge in [0.25, 0.3) is 0 Å². The van der Waals surface area contributed by atoms with Crippen LogP contribution in [0.1, 0.15) is 148 Å². The van der Waals surface area contributed by atoms with Crippen LogP contribution in [0.5, 0.6) is 5.75 Å². The van der Waals surface area contributed by atoms with E-state index in [4.69, 9.17) is 18.6 Å². The van der Waals surface area contributed by atoms with Crippen molar-refractivity contribution in [3.63, 3.8) is 0 Å². The van der Waals surface area contributed by atoms with Gasteiger partial charge in [0.1, 0.15) is 35.5 Å². The van der Waals surface area contributed by atoms with Gasteiger partial charge < -0.3 is 29.1 Å². The van der Waals surface area contributed by atoms with E-state index in [1.807, 2.05) is 24.3 Å². The third kappa shape index (κ3) is 18.6. The fraction of sp³-hybridized carbons (Fsp3) is 0.614. The Kier molecular flexibility index (Phi) is 21.1. The number of nitrogens with one attached hydrogen (secondary N) is 1. The standard InChI is InChI=1S/C44H64N2O9/c1-8-10-12-15-18-21-36(48)22-19-16-13-14-17-20-23-38(44(51,28-30-52-34(4)47)42(50)55-43(5,6)7)40(49)46-39(41-45-32-33(3)54-41)31-35-24-26-37(27-25-35)53-29-11-9-2/h20,23-27,32,38-39,51H,8,10,12-19,21-22,28-31H2,1-7H3,(H,46,49)/t38-,39+,44+/m1/s1. The summed E-state index contributed by atoms with van der Waals surface area (Å²) in [4.78, 5) is 56.4. The van der Waals surface area contributed by atoms with Crippen LogP contribution < -0.4 is 10.1 Å². The number of Topliss-reactive ketones (excluding diaryl/α,β-unsaturated/α-hetero) is 1. The molecule has 0 bridgehead atoms. The van der Waals surface area contributed by atoms with Gasteiger partial charge in [-0.2, -0.15) is 0 Å². The molecule has 0 aliphatic carbocycles. The molecule has 2 N–H and O–H groups in total. The molecule has 1 amide bonds. The molecule has 1 heterocycles. The number of aromatic nitrogens is 1. The molecule has 0 saturated heterocycles. The molecule has 2 aromatic rings. The molecule has 0 fully saturated rings. The Morgan fingerprint density at radius 1 is 0.982 bits per heavy atom. The number of ether oxygens (including phenoxy) is 3. The van der Waals surface area contributed by atoms with Crippen molar-refractivity contribution in [1.82, 2.24) is 10.3 Å². The number of carbonyl (C=O) groups excluding carboxylic acids is 4. The van der Waals surface area contributed by atoms with Crippen LogP contribution in [0.4, 0.5) is 0 Å². The SMILES string of the molecule is CC#CCOc1ccc(C[C@H](NC(=O)[C@@H](C=CCCCCCCC(=O)CCCCCCC)[C@@](O)(CCOC(C)=O)C(=O)OC(C)(C)C)c2ncc(C)o2)cc1. The van der Waals surface area contributed by atoms with Crippen molar-refractivity contribution in [3.05, 3.63) is 59.8 Å². The first kappa shape index (κ1) is 46.7. The monoisotopic (exact) mass is 764 g/mol. The quantitative estimate of drug-likeness (QED) is 0.0414. The maximum atomic E-state index is 14.4. The van der Waals surface area contributed by atoms with Gasteiger partial charge in [-0.15, -0.1) is 5.92 Å². The van der Waals surface area contributed by atoms with Gasteiger partial charge in [-0.1, -0.05) is 75.7 Å². The molecule has 0 unspecified atom stereocenters. The third-order valence-corrected chi connectivity index (χ3v) is 8.91. The molecule has 0 saturated carbocycles. The van der Waals surface area contributed by atoms with Crippen LogP contribution in [0.15, 0.2) is 47.0 Å². The lowest BCUT2D eigenvalue weighted by molar-refractivity contribution is -0.186. The molecule has 1 aromatic carbocycles. The van der Waals surface area contributed by atoms with Gasteiger partial charge in [0, 0.05) is 32.6 Å². The number of unbranched alkanes of at least 4 members (excludes halogenated alkanes) is 8. The van der Waals surface area contributed by atoms with Gasteiger partial charge in [-0.25, -0.2) is 9.78 Å². The molecule has 0 aliphatic heterocycles. The van der Waals surface area contributed by atoms with Crippen molar-refractivity contribution in [3.8, 4) is 17.6 Å². The van der Waals surface area contributed by atoms with Crippen LogP contribution in [0.3, 0.4) is 0 Å². The highest BCUT2D eigenvalue weighted by Gasteiger charge is 2.49. The van der Waals surface area contributed by atoms with Crippen LogP contribution >= 0.6 is 0 Å². The third-order valence-electron chi connectivity index (χ3n) is 8.91. The molecular weight excluding hydrogens is 700 g/mol. The Hall–Kier alpha value is -4.43. The van der Waals surface area contributed by atoms with Crippen molar-refractivity contribution in [1.29, 1.82) is 0 Å². The number of esters is 2. The smallest absolute Gasteiger partial charge is 0.339 e. The van der Waals surface area contributed by atoms with Crippen molar-refractivity contribution in [2.45, 2.75) is 156 Å². The van der Waals surface area contributed by atoms with E-state index in [9.17, 15) is 24.3 Å². The van der Waals surface area contributed by atoms with Gasteiger partial charge in [0.15, 0.2) is 5.60 Å². The lowest BCUT2D eigenvalue weighted by atomic mass is 9.82. The Bertz CT molecular complexity index is 1560. The van der Waals surface area contributed by atoms with Crippen molar-refractivity contribution in [2.24, 2.45) is 5.92 Å². The van der Waals surface area contributed by atoms with Gasteiger partial charge in [-0.05, 0) is 78.0 Å². The number of amides is 1. The average molecular weight is 765 g/mol. The number of nitrogens with zero attached hydrogens (tertiary/aromatic N) is 1. The van der Waals surface area contributed by atoms with Gasteiger partial charge in [0.2, 0.25) is 11.8 Å². The molecule has 55 heavy (non-hydrogen) atoms. The van der Waals surface area contributed by atoms with E-state index in [1.54, 1.807) is 46.9 Å². The van der Waals surface area contributed by atoms with Crippen molar-refractivity contribution in [2.75, 3.05) is 13.2 Å². The number of aryl methyl sites for hydroxylation is 1. The van der Waals surface area contributed by atoms with Crippen LogP contribution in [0, 0.1) is 24.7 Å². The normalized spacial score (nSPS) is 13.6. The number of aliphatic hydroxyl groups is 1. The summed E-state index contributed by atoms with van der Waals surface area (Å²) in [6.45, 7) is 11.8. The maximum absolute atomic E-state index is 14.4. The average Bonchev–Trinajstić information content (AvgIpc) is 3.56. The first-order valence-electron chi connectivity index (χ1n) is 19.8. The molecule has 1 aromatic heterocycles. The topological polar surface area (TPSA) is 154 Å². The molecule has 304 valence electrons. The lowest BCUT2D eigenvalue weighted by Crippen LogP contribution is -2.54. The number of oxazole rings is 1. The van der Waals surface area contributed by atoms with Crippen molar-refractivity contribution < 1.29 is 42.9 Å². The molecule has 0 radical (unpaired) electrons. The van der Waals surface area contributed by atoms with Gasteiger partial charge in [-0.3, -0.25) is 14.4 Å². The number of rotatable bonds is 26. The summed E-state index contributed by atoms with van der Waals surface area (Å²) in [5.74, 6) is 3.71. The van der Waals surface area contributed by atoms with Gasteiger partial charge in [0.05, 0.1) is 18.7 Å². The van der Waals surface area contributed by atoms with E-state index < -0.39 is 41.0 Å². The summed E-state index contributed by atoms with van der Waals surface area (Å²) in [7, 11) is 0. The van der Waals surface area contributed by atoms with Crippen molar-refractivity contribution >= 4 is 23.6 Å². The fourth-order valence-electron chi connectivity index (χ4n) is 5.93. The lowest BCUT2D eigenvalue weighted by Gasteiger charge is -2.34. The van der Waals surface area contributed by atoms with E-state index in [0.717, 1.165) is 44.1 Å². The van der Waals surface area contributed by atoms with E-state index >= 15 is 0 Å². The Morgan fingerprint density at radius 3 is 2.22 bits per heavy atom. The zero-order valence-corrected chi connectivity index (χ0v) is 34.2. The number of benzene rings is 1. The Balaban J connectivity index is 2.28. The minimum absolute atomic E-state index is 0.253. The molecule has 0 spiro atoms. The number of carbonyl (C=O) groups is 4. The second-order valence-corrected chi connectivity index (χ2v) is 15.0. The predicted molar refractivity (Wildman–Crippen MR) is 212 cm³/mol. The molecule has 3 atom stereocenters. The van der Waals surface area contributed by atoms with E-state index in [2.05, 4.69) is 29.1 Å². The second kappa shape index (κ2) is 24.9. The summed E-state index contributed by atoms with van der Waals surface area (Å²) >= 11 is 0. The molecule has 11 nitrogen and oxygen atoms in total. The molecule has 0 aliphatic rings.